The second kappa shape index (κ2) is 11.4. The first-order valence-electron chi connectivity index (χ1n) is 11.9. The van der Waals surface area contributed by atoms with Crippen LogP contribution in [0.2, 0.25) is 0 Å². The monoisotopic (exact) mass is 525 g/mol. The van der Waals surface area contributed by atoms with Crippen LogP contribution in [0.3, 0.4) is 0 Å². The van der Waals surface area contributed by atoms with E-state index >= 15 is 0 Å². The van der Waals surface area contributed by atoms with Crippen molar-refractivity contribution >= 4 is 11.7 Å². The Bertz CT molecular complexity index is 1440. The summed E-state index contributed by atoms with van der Waals surface area (Å²) in [4.78, 5) is 20.6. The lowest BCUT2D eigenvalue weighted by Gasteiger charge is -2.17. The molecule has 0 saturated heterocycles. The van der Waals surface area contributed by atoms with Gasteiger partial charge in [0.2, 0.25) is 5.82 Å². The SMILES string of the molecule is CC(C)(O)CCCOc1ccc(F)c(-c2cc(NC(=O)c3n[nH]c(Cc4ccccc4F)n3)ncc2F)c1. The van der Waals surface area contributed by atoms with Crippen molar-refractivity contribution in [2.45, 2.75) is 38.7 Å². The van der Waals surface area contributed by atoms with Gasteiger partial charge < -0.3 is 15.2 Å². The fraction of sp³-hybridized carbons (Fsp3) is 0.259. The number of carbonyl (C=O) groups excluding carboxylic acids is 1. The Labute approximate surface area is 216 Å². The molecule has 0 saturated carbocycles. The molecule has 0 unspecified atom stereocenters. The molecule has 0 radical (unpaired) electrons. The number of carbonyl (C=O) groups is 1. The van der Waals surface area contributed by atoms with Crippen LogP contribution in [0.1, 0.15) is 48.7 Å². The number of aromatic amines is 1. The number of nitrogens with one attached hydrogen (secondary N) is 2. The second-order valence-electron chi connectivity index (χ2n) is 9.28. The molecule has 11 heteroatoms. The van der Waals surface area contributed by atoms with Crippen molar-refractivity contribution in [3.63, 3.8) is 0 Å². The van der Waals surface area contributed by atoms with E-state index in [0.29, 0.717) is 24.2 Å². The number of rotatable bonds is 10. The van der Waals surface area contributed by atoms with Crippen molar-refractivity contribution < 1.29 is 27.8 Å². The minimum Gasteiger partial charge on any atom is -0.494 e. The molecule has 198 valence electrons. The summed E-state index contributed by atoms with van der Waals surface area (Å²) in [6.07, 6.45) is 2.04. The predicted molar refractivity (Wildman–Crippen MR) is 134 cm³/mol. The van der Waals surface area contributed by atoms with Crippen LogP contribution < -0.4 is 10.1 Å². The Morgan fingerprint density at radius 2 is 1.82 bits per heavy atom. The first kappa shape index (κ1) is 26.8. The summed E-state index contributed by atoms with van der Waals surface area (Å²) in [6.45, 7) is 3.67. The van der Waals surface area contributed by atoms with Crippen LogP contribution in [0.15, 0.2) is 54.7 Å². The summed E-state index contributed by atoms with van der Waals surface area (Å²) in [5, 5.41) is 18.7. The van der Waals surface area contributed by atoms with Gasteiger partial charge in [-0.3, -0.25) is 9.89 Å². The third-order valence-corrected chi connectivity index (χ3v) is 5.58. The van der Waals surface area contributed by atoms with Gasteiger partial charge in [-0.2, -0.15) is 0 Å². The molecule has 0 aliphatic heterocycles. The largest absolute Gasteiger partial charge is 0.494 e. The van der Waals surface area contributed by atoms with Crippen LogP contribution in [0, 0.1) is 17.5 Å². The van der Waals surface area contributed by atoms with E-state index in [0.717, 1.165) is 12.3 Å². The van der Waals surface area contributed by atoms with Crippen molar-refractivity contribution in [2.24, 2.45) is 0 Å². The summed E-state index contributed by atoms with van der Waals surface area (Å²) in [6, 6.07) is 11.3. The Morgan fingerprint density at radius 3 is 2.58 bits per heavy atom. The molecule has 1 amide bonds. The highest BCUT2D eigenvalue weighted by Crippen LogP contribution is 2.30. The van der Waals surface area contributed by atoms with Crippen molar-refractivity contribution in [3.8, 4) is 16.9 Å². The number of anilines is 1. The van der Waals surface area contributed by atoms with Crippen LogP contribution in [-0.2, 0) is 6.42 Å². The summed E-state index contributed by atoms with van der Waals surface area (Å²) in [5.41, 5.74) is -0.660. The van der Waals surface area contributed by atoms with Gasteiger partial charge in [0.15, 0.2) is 0 Å². The molecule has 2 aromatic carbocycles. The predicted octanol–water partition coefficient (Wildman–Crippen LogP) is 5.06. The standard InChI is InChI=1S/C27H26F3N5O3/c1-27(2,37)10-5-11-38-17-8-9-21(29)18(13-17)19-14-23(31-15-22(19)30)33-26(36)25-32-24(34-35-25)12-16-6-3-4-7-20(16)28/h3-4,6-9,13-15,37H,5,10-12H2,1-2H3,(H,31,33,36)(H,32,34,35). The van der Waals surface area contributed by atoms with Gasteiger partial charge in [0, 0.05) is 17.5 Å². The highest BCUT2D eigenvalue weighted by molar-refractivity contribution is 6.01. The number of nitrogens with zero attached hydrogens (tertiary/aromatic N) is 3. The molecule has 0 aliphatic carbocycles. The van der Waals surface area contributed by atoms with E-state index in [-0.39, 0.29) is 41.6 Å². The molecule has 4 aromatic rings. The van der Waals surface area contributed by atoms with Gasteiger partial charge in [-0.1, -0.05) is 18.2 Å². The third-order valence-electron chi connectivity index (χ3n) is 5.58. The average Bonchev–Trinajstić information content (AvgIpc) is 3.34. The lowest BCUT2D eigenvalue weighted by Crippen LogP contribution is -2.19. The van der Waals surface area contributed by atoms with Gasteiger partial charge in [0.05, 0.1) is 18.4 Å². The smallest absolute Gasteiger partial charge is 0.296 e. The number of ether oxygens (including phenoxy) is 1. The molecule has 2 aromatic heterocycles. The number of hydrogen-bond acceptors (Lipinski definition) is 6. The molecule has 2 heterocycles. The molecule has 0 fully saturated rings. The Hall–Kier alpha value is -4.25. The van der Waals surface area contributed by atoms with Crippen molar-refractivity contribution in [3.05, 3.63) is 89.4 Å². The maximum atomic E-state index is 14.6. The van der Waals surface area contributed by atoms with Crippen LogP contribution in [0.25, 0.3) is 11.1 Å². The fourth-order valence-corrected chi connectivity index (χ4v) is 3.68. The zero-order chi connectivity index (χ0) is 27.3. The van der Waals surface area contributed by atoms with E-state index in [2.05, 4.69) is 25.5 Å². The lowest BCUT2D eigenvalue weighted by atomic mass is 10.0. The van der Waals surface area contributed by atoms with Crippen molar-refractivity contribution in [1.82, 2.24) is 20.2 Å². The molecule has 3 N–H and O–H groups in total. The Kier molecular flexibility index (Phi) is 8.06. The topological polar surface area (TPSA) is 113 Å². The van der Waals surface area contributed by atoms with Gasteiger partial charge >= 0.3 is 0 Å². The van der Waals surface area contributed by atoms with E-state index in [1.807, 2.05) is 0 Å². The summed E-state index contributed by atoms with van der Waals surface area (Å²) in [5.74, 6) is -2.32. The van der Waals surface area contributed by atoms with Crippen LogP contribution in [0.5, 0.6) is 5.75 Å². The molecule has 38 heavy (non-hydrogen) atoms. The molecular formula is C27H26F3N5O3. The van der Waals surface area contributed by atoms with Gasteiger partial charge in [-0.05, 0) is 62.6 Å². The molecule has 0 atom stereocenters. The van der Waals surface area contributed by atoms with Crippen LogP contribution >= 0.6 is 0 Å². The number of pyridine rings is 1. The van der Waals surface area contributed by atoms with E-state index in [9.17, 15) is 23.1 Å². The lowest BCUT2D eigenvalue weighted by molar-refractivity contribution is 0.0641. The van der Waals surface area contributed by atoms with E-state index in [4.69, 9.17) is 4.74 Å². The highest BCUT2D eigenvalue weighted by atomic mass is 19.1. The molecule has 8 nitrogen and oxygen atoms in total. The van der Waals surface area contributed by atoms with E-state index in [1.165, 1.54) is 24.3 Å². The maximum absolute atomic E-state index is 14.6. The van der Waals surface area contributed by atoms with Crippen molar-refractivity contribution in [2.75, 3.05) is 11.9 Å². The fourth-order valence-electron chi connectivity index (χ4n) is 3.68. The third kappa shape index (κ3) is 6.94. The van der Waals surface area contributed by atoms with Crippen LogP contribution in [0.4, 0.5) is 19.0 Å². The molecule has 0 aliphatic rings. The molecular weight excluding hydrogens is 499 g/mol. The summed E-state index contributed by atoms with van der Waals surface area (Å²) >= 11 is 0. The van der Waals surface area contributed by atoms with E-state index in [1.54, 1.807) is 32.0 Å². The van der Waals surface area contributed by atoms with Gasteiger partial charge in [0.1, 0.15) is 34.8 Å². The Balaban J connectivity index is 1.46. The van der Waals surface area contributed by atoms with Gasteiger partial charge in [-0.15, -0.1) is 5.10 Å². The number of aliphatic hydroxyl groups is 1. The minimum absolute atomic E-state index is 0.0530. The normalized spacial score (nSPS) is 11.4. The quantitative estimate of drug-likeness (QED) is 0.250. The number of benzene rings is 2. The van der Waals surface area contributed by atoms with E-state index < -0.39 is 29.0 Å². The zero-order valence-corrected chi connectivity index (χ0v) is 20.8. The number of aromatic nitrogens is 4. The average molecular weight is 526 g/mol. The summed E-state index contributed by atoms with van der Waals surface area (Å²) < 4.78 is 48.8. The molecule has 0 bridgehead atoms. The number of amides is 1. The first-order chi connectivity index (χ1) is 18.1. The van der Waals surface area contributed by atoms with Crippen molar-refractivity contribution in [1.29, 1.82) is 0 Å². The highest BCUT2D eigenvalue weighted by Gasteiger charge is 2.18. The zero-order valence-electron chi connectivity index (χ0n) is 20.8. The minimum atomic E-state index is -0.828. The number of hydrogen-bond donors (Lipinski definition) is 3. The number of halogens is 3. The molecule has 0 spiro atoms. The Morgan fingerprint density at radius 1 is 1.05 bits per heavy atom. The molecule has 4 rings (SSSR count). The van der Waals surface area contributed by atoms with Gasteiger partial charge in [-0.25, -0.2) is 23.1 Å². The van der Waals surface area contributed by atoms with Crippen LogP contribution in [-0.4, -0.2) is 43.4 Å². The first-order valence-corrected chi connectivity index (χ1v) is 11.9. The maximum Gasteiger partial charge on any atom is 0.296 e. The van der Waals surface area contributed by atoms with Gasteiger partial charge in [0.25, 0.3) is 5.91 Å². The second-order valence-corrected chi connectivity index (χ2v) is 9.28. The summed E-state index contributed by atoms with van der Waals surface area (Å²) in [7, 11) is 0. The number of H-pyrrole nitrogens is 1.